The van der Waals surface area contributed by atoms with E-state index in [2.05, 4.69) is 26.3 Å². The lowest BCUT2D eigenvalue weighted by molar-refractivity contribution is 0.0952. The first kappa shape index (κ1) is 16.3. The fourth-order valence-corrected chi connectivity index (χ4v) is 2.47. The molecule has 112 valence electrons. The van der Waals surface area contributed by atoms with Gasteiger partial charge in [-0.2, -0.15) is 5.10 Å². The second-order valence-electron chi connectivity index (χ2n) is 4.53. The minimum absolute atomic E-state index is 0.0942. The zero-order valence-electron chi connectivity index (χ0n) is 11.4. The molecule has 2 rings (SSSR count). The Bertz CT molecular complexity index is 640. The van der Waals surface area contributed by atoms with Crippen LogP contribution in [0.4, 0.5) is 0 Å². The van der Waals surface area contributed by atoms with Gasteiger partial charge in [0.15, 0.2) is 0 Å². The number of rotatable bonds is 5. The van der Waals surface area contributed by atoms with Gasteiger partial charge in [0.05, 0.1) is 5.69 Å². The number of halogens is 3. The Kier molecular flexibility index (Phi) is 5.67. The van der Waals surface area contributed by atoms with Gasteiger partial charge in [0.25, 0.3) is 5.91 Å². The van der Waals surface area contributed by atoms with Gasteiger partial charge in [-0.25, -0.2) is 0 Å². The summed E-state index contributed by atoms with van der Waals surface area (Å²) in [5.74, 6) is -0.0942. The molecule has 0 bridgehead atoms. The van der Waals surface area contributed by atoms with Gasteiger partial charge in [0.1, 0.15) is 10.2 Å². The summed E-state index contributed by atoms with van der Waals surface area (Å²) in [7, 11) is 0. The third-order valence-electron chi connectivity index (χ3n) is 2.93. The lowest BCUT2D eigenvalue weighted by Crippen LogP contribution is -2.25. The summed E-state index contributed by atoms with van der Waals surface area (Å²) in [5.41, 5.74) is 1.34. The van der Waals surface area contributed by atoms with Crippen LogP contribution in [0.15, 0.2) is 28.7 Å². The van der Waals surface area contributed by atoms with Gasteiger partial charge in [0.2, 0.25) is 0 Å². The first-order chi connectivity index (χ1) is 9.99. The Balaban J connectivity index is 1.80. The van der Waals surface area contributed by atoms with Crippen LogP contribution in [0, 0.1) is 6.92 Å². The Morgan fingerprint density at radius 2 is 2.00 bits per heavy atom. The molecule has 1 heterocycles. The van der Waals surface area contributed by atoms with Gasteiger partial charge in [0, 0.05) is 23.1 Å². The predicted octanol–water partition coefficient (Wildman–Crippen LogP) is 4.08. The first-order valence-corrected chi connectivity index (χ1v) is 7.96. The quantitative estimate of drug-likeness (QED) is 0.781. The van der Waals surface area contributed by atoms with Crippen molar-refractivity contribution in [2.24, 2.45) is 0 Å². The molecule has 1 aromatic carbocycles. The minimum Gasteiger partial charge on any atom is -0.352 e. The van der Waals surface area contributed by atoms with Gasteiger partial charge >= 0.3 is 0 Å². The van der Waals surface area contributed by atoms with Crippen LogP contribution in [0.1, 0.15) is 22.5 Å². The van der Waals surface area contributed by atoms with Crippen LogP contribution in [0.5, 0.6) is 0 Å². The number of hydrogen-bond donors (Lipinski definition) is 1. The number of benzene rings is 1. The van der Waals surface area contributed by atoms with Crippen LogP contribution in [0.3, 0.4) is 0 Å². The lowest BCUT2D eigenvalue weighted by Gasteiger charge is -2.06. The molecule has 1 N–H and O–H groups in total. The van der Waals surface area contributed by atoms with E-state index in [9.17, 15) is 4.79 Å². The highest BCUT2D eigenvalue weighted by Crippen LogP contribution is 2.24. The van der Waals surface area contributed by atoms with Crippen LogP contribution < -0.4 is 5.32 Å². The number of amides is 1. The molecule has 1 aromatic heterocycles. The Labute approximate surface area is 141 Å². The maximum atomic E-state index is 11.9. The standard InChI is InChI=1S/C14H14BrCl2N3O/c1-9-12(16)13(17)20(19-9)8-2-7-18-14(21)10-3-5-11(15)6-4-10/h3-6H,2,7-8H2,1H3,(H,18,21). The Morgan fingerprint density at radius 1 is 1.33 bits per heavy atom. The summed E-state index contributed by atoms with van der Waals surface area (Å²) in [4.78, 5) is 11.9. The molecule has 1 amide bonds. The highest BCUT2D eigenvalue weighted by atomic mass is 79.9. The summed E-state index contributed by atoms with van der Waals surface area (Å²) in [6, 6.07) is 7.21. The molecule has 0 spiro atoms. The smallest absolute Gasteiger partial charge is 0.251 e. The van der Waals surface area contributed by atoms with E-state index in [1.54, 1.807) is 23.7 Å². The highest BCUT2D eigenvalue weighted by molar-refractivity contribution is 9.10. The summed E-state index contributed by atoms with van der Waals surface area (Å²) >= 11 is 15.3. The van der Waals surface area contributed by atoms with Crippen molar-refractivity contribution in [1.29, 1.82) is 0 Å². The van der Waals surface area contributed by atoms with E-state index in [1.807, 2.05) is 12.1 Å². The topological polar surface area (TPSA) is 46.9 Å². The summed E-state index contributed by atoms with van der Waals surface area (Å²) in [5, 5.41) is 8.01. The largest absolute Gasteiger partial charge is 0.352 e. The van der Waals surface area contributed by atoms with Crippen LogP contribution >= 0.6 is 39.1 Å². The maximum Gasteiger partial charge on any atom is 0.251 e. The Hall–Kier alpha value is -1.04. The molecule has 4 nitrogen and oxygen atoms in total. The van der Waals surface area contributed by atoms with Crippen molar-refractivity contribution < 1.29 is 4.79 Å². The molecule has 0 fully saturated rings. The molecule has 0 aliphatic carbocycles. The van der Waals surface area contributed by atoms with E-state index < -0.39 is 0 Å². The number of aryl methyl sites for hydroxylation is 2. The van der Waals surface area contributed by atoms with Crippen molar-refractivity contribution >= 4 is 45.0 Å². The summed E-state index contributed by atoms with van der Waals surface area (Å²) < 4.78 is 2.59. The number of carbonyl (C=O) groups excluding carboxylic acids is 1. The maximum absolute atomic E-state index is 11.9. The number of nitrogens with zero attached hydrogens (tertiary/aromatic N) is 2. The SMILES string of the molecule is Cc1nn(CCCNC(=O)c2ccc(Br)cc2)c(Cl)c1Cl. The van der Waals surface area contributed by atoms with Crippen molar-refractivity contribution in [3.8, 4) is 0 Å². The minimum atomic E-state index is -0.0942. The van der Waals surface area contributed by atoms with Crippen LogP contribution in [-0.4, -0.2) is 22.2 Å². The fraction of sp³-hybridized carbons (Fsp3) is 0.286. The number of nitrogens with one attached hydrogen (secondary N) is 1. The number of carbonyl (C=O) groups is 1. The zero-order valence-corrected chi connectivity index (χ0v) is 14.5. The average molecular weight is 391 g/mol. The average Bonchev–Trinajstić information content (AvgIpc) is 2.71. The lowest BCUT2D eigenvalue weighted by atomic mass is 10.2. The fourth-order valence-electron chi connectivity index (χ4n) is 1.81. The second kappa shape index (κ2) is 7.29. The summed E-state index contributed by atoms with van der Waals surface area (Å²) in [6.07, 6.45) is 0.722. The first-order valence-electron chi connectivity index (χ1n) is 6.41. The third kappa shape index (κ3) is 4.22. The van der Waals surface area contributed by atoms with E-state index in [4.69, 9.17) is 23.2 Å². The molecule has 2 aromatic rings. The van der Waals surface area contributed by atoms with Crippen molar-refractivity contribution in [1.82, 2.24) is 15.1 Å². The van der Waals surface area contributed by atoms with Crippen LogP contribution in [-0.2, 0) is 6.54 Å². The second-order valence-corrected chi connectivity index (χ2v) is 6.18. The highest BCUT2D eigenvalue weighted by Gasteiger charge is 2.10. The molecule has 0 saturated heterocycles. The van der Waals surface area contributed by atoms with Crippen molar-refractivity contribution in [3.63, 3.8) is 0 Å². The number of aromatic nitrogens is 2. The molecule has 7 heteroatoms. The van der Waals surface area contributed by atoms with Crippen molar-refractivity contribution in [3.05, 3.63) is 50.2 Å². The van der Waals surface area contributed by atoms with Crippen LogP contribution in [0.25, 0.3) is 0 Å². The van der Waals surface area contributed by atoms with Gasteiger partial charge in [-0.3, -0.25) is 9.48 Å². The molecule has 0 aliphatic heterocycles. The number of hydrogen-bond acceptors (Lipinski definition) is 2. The molecular formula is C14H14BrCl2N3O. The molecule has 0 radical (unpaired) electrons. The normalized spacial score (nSPS) is 10.7. The summed E-state index contributed by atoms with van der Waals surface area (Å²) in [6.45, 7) is 2.95. The molecule has 0 saturated carbocycles. The predicted molar refractivity (Wildman–Crippen MR) is 88.1 cm³/mol. The van der Waals surface area contributed by atoms with Gasteiger partial charge in [-0.05, 0) is 37.6 Å². The van der Waals surface area contributed by atoms with E-state index in [0.717, 1.165) is 10.9 Å². The van der Waals surface area contributed by atoms with Gasteiger partial charge in [-0.15, -0.1) is 0 Å². The van der Waals surface area contributed by atoms with Crippen molar-refractivity contribution in [2.45, 2.75) is 19.9 Å². The molecular weight excluding hydrogens is 377 g/mol. The van der Waals surface area contributed by atoms with Crippen LogP contribution in [0.2, 0.25) is 10.2 Å². The van der Waals surface area contributed by atoms with E-state index in [0.29, 0.717) is 34.5 Å². The van der Waals surface area contributed by atoms with Crippen molar-refractivity contribution in [2.75, 3.05) is 6.54 Å². The zero-order chi connectivity index (χ0) is 15.4. The molecule has 21 heavy (non-hydrogen) atoms. The van der Waals surface area contributed by atoms with Gasteiger partial charge < -0.3 is 5.32 Å². The molecule has 0 atom stereocenters. The molecule has 0 unspecified atom stereocenters. The Morgan fingerprint density at radius 3 is 2.57 bits per heavy atom. The van der Waals surface area contributed by atoms with E-state index >= 15 is 0 Å². The third-order valence-corrected chi connectivity index (χ3v) is 4.40. The van der Waals surface area contributed by atoms with E-state index in [1.165, 1.54) is 0 Å². The van der Waals surface area contributed by atoms with Gasteiger partial charge in [-0.1, -0.05) is 39.1 Å². The monoisotopic (exact) mass is 389 g/mol. The molecule has 0 aliphatic rings. The van der Waals surface area contributed by atoms with E-state index in [-0.39, 0.29) is 5.91 Å².